The number of aromatic nitrogens is 2. The van der Waals surface area contributed by atoms with Crippen LogP contribution < -0.4 is 5.32 Å². The largest absolute Gasteiger partial charge is 0.433 e. The van der Waals surface area contributed by atoms with Gasteiger partial charge in [0.25, 0.3) is 0 Å². The van der Waals surface area contributed by atoms with Crippen molar-refractivity contribution < 1.29 is 27.5 Å². The number of hydrogen-bond acceptors (Lipinski definition) is 7. The molecule has 38 heavy (non-hydrogen) atoms. The number of thiophene rings is 1. The number of piperidine rings is 1. The van der Waals surface area contributed by atoms with Crippen molar-refractivity contribution in [3.05, 3.63) is 46.1 Å². The quantitative estimate of drug-likeness (QED) is 0.481. The van der Waals surface area contributed by atoms with Gasteiger partial charge in [0.05, 0.1) is 47.0 Å². The van der Waals surface area contributed by atoms with Crippen molar-refractivity contribution in [2.24, 2.45) is 17.3 Å². The summed E-state index contributed by atoms with van der Waals surface area (Å²) in [5.41, 5.74) is 1.33. The van der Waals surface area contributed by atoms with E-state index in [-0.39, 0.29) is 47.4 Å². The molecule has 3 atom stereocenters. The standard InChI is InChI=1S/C27H27F3N4O3S/c1-13-8-19(27(28,29)30)33-22(17(13)9-14-11-31-6-7-37-14)16-4-5-32-18-10-15(38-23(16)18)12-34-24(35)20-21(25(34)36)26(20,2)3/h4-5,8,10,14,20-21,31H,6-7,9,11-12H2,1-3H3. The molecule has 0 aromatic carbocycles. The van der Waals surface area contributed by atoms with Crippen molar-refractivity contribution in [3.8, 4) is 11.3 Å². The Morgan fingerprint density at radius 3 is 2.61 bits per heavy atom. The lowest BCUT2D eigenvalue weighted by Crippen LogP contribution is -2.39. The summed E-state index contributed by atoms with van der Waals surface area (Å²) in [4.78, 5) is 36.3. The summed E-state index contributed by atoms with van der Waals surface area (Å²) in [6, 6.07) is 4.57. The van der Waals surface area contributed by atoms with Gasteiger partial charge in [-0.1, -0.05) is 13.8 Å². The van der Waals surface area contributed by atoms with Crippen LogP contribution in [-0.2, 0) is 33.5 Å². The Balaban J connectivity index is 1.39. The minimum Gasteiger partial charge on any atom is -0.375 e. The van der Waals surface area contributed by atoms with Gasteiger partial charge in [0.2, 0.25) is 11.8 Å². The fraction of sp³-hybridized carbons (Fsp3) is 0.481. The molecule has 5 heterocycles. The Bertz CT molecular complexity index is 1440. The van der Waals surface area contributed by atoms with Crippen molar-refractivity contribution in [1.82, 2.24) is 20.2 Å². The first-order valence-electron chi connectivity index (χ1n) is 12.6. The first kappa shape index (κ1) is 25.4. The maximum Gasteiger partial charge on any atom is 0.433 e. The van der Waals surface area contributed by atoms with E-state index < -0.39 is 11.9 Å². The van der Waals surface area contributed by atoms with Gasteiger partial charge in [0.1, 0.15) is 5.69 Å². The molecule has 3 fully saturated rings. The molecule has 0 radical (unpaired) electrons. The van der Waals surface area contributed by atoms with E-state index >= 15 is 0 Å². The van der Waals surface area contributed by atoms with E-state index in [9.17, 15) is 22.8 Å². The highest BCUT2D eigenvalue weighted by atomic mass is 32.1. The van der Waals surface area contributed by atoms with Crippen LogP contribution in [0.15, 0.2) is 24.4 Å². The Morgan fingerprint density at radius 2 is 1.95 bits per heavy atom. The number of morpholine rings is 1. The molecule has 0 spiro atoms. The number of hydrogen-bond donors (Lipinski definition) is 1. The zero-order valence-corrected chi connectivity index (χ0v) is 22.0. The fourth-order valence-electron chi connectivity index (χ4n) is 5.87. The van der Waals surface area contributed by atoms with E-state index in [0.717, 1.165) is 17.5 Å². The Kier molecular flexibility index (Phi) is 5.89. The van der Waals surface area contributed by atoms with E-state index in [1.807, 2.05) is 13.8 Å². The molecule has 3 aliphatic rings. The first-order chi connectivity index (χ1) is 18.0. The highest BCUT2D eigenvalue weighted by Gasteiger charge is 2.72. The second kappa shape index (κ2) is 8.82. The molecule has 6 rings (SSSR count). The number of pyridine rings is 2. The number of carbonyl (C=O) groups excluding carboxylic acids is 2. The SMILES string of the molecule is Cc1cc(C(F)(F)F)nc(-c2ccnc3cc(CN4C(=O)C5C(C4=O)C5(C)C)sc23)c1CC1CNCCO1. The molecule has 7 nitrogen and oxygen atoms in total. The number of alkyl halides is 3. The van der Waals surface area contributed by atoms with E-state index in [1.54, 1.807) is 25.3 Å². The number of amides is 2. The van der Waals surface area contributed by atoms with Gasteiger partial charge in [0, 0.05) is 36.1 Å². The molecule has 2 aliphatic heterocycles. The van der Waals surface area contributed by atoms with Crippen molar-refractivity contribution in [2.45, 2.75) is 46.0 Å². The summed E-state index contributed by atoms with van der Waals surface area (Å²) < 4.78 is 47.9. The molecule has 3 unspecified atom stereocenters. The van der Waals surface area contributed by atoms with Crippen molar-refractivity contribution >= 4 is 33.4 Å². The molecule has 1 aliphatic carbocycles. The van der Waals surface area contributed by atoms with E-state index in [2.05, 4.69) is 15.3 Å². The first-order valence-corrected chi connectivity index (χ1v) is 13.4. The molecule has 1 N–H and O–H groups in total. The predicted molar refractivity (Wildman–Crippen MR) is 135 cm³/mol. The van der Waals surface area contributed by atoms with Crippen LogP contribution in [0.4, 0.5) is 13.2 Å². The van der Waals surface area contributed by atoms with Crippen LogP contribution >= 0.6 is 11.3 Å². The maximum absolute atomic E-state index is 13.8. The minimum absolute atomic E-state index is 0.130. The Morgan fingerprint density at radius 1 is 1.21 bits per heavy atom. The molecule has 3 aromatic rings. The van der Waals surface area contributed by atoms with Crippen LogP contribution in [-0.4, -0.2) is 52.5 Å². The van der Waals surface area contributed by atoms with Gasteiger partial charge in [-0.25, -0.2) is 4.98 Å². The number of imide groups is 1. The van der Waals surface area contributed by atoms with E-state index in [4.69, 9.17) is 4.74 Å². The average Bonchev–Trinajstić information content (AvgIpc) is 3.10. The fourth-order valence-corrected chi connectivity index (χ4v) is 6.99. The summed E-state index contributed by atoms with van der Waals surface area (Å²) in [6.45, 7) is 7.53. The summed E-state index contributed by atoms with van der Waals surface area (Å²) in [6.07, 6.45) is -2.81. The van der Waals surface area contributed by atoms with Gasteiger partial charge in [-0.15, -0.1) is 11.3 Å². The normalized spacial score (nSPS) is 24.8. The monoisotopic (exact) mass is 544 g/mol. The number of carbonyl (C=O) groups is 2. The summed E-state index contributed by atoms with van der Waals surface area (Å²) in [5.74, 6) is -0.854. The minimum atomic E-state index is -4.60. The Hall–Kier alpha value is -2.89. The third kappa shape index (κ3) is 4.11. The summed E-state index contributed by atoms with van der Waals surface area (Å²) in [7, 11) is 0. The van der Waals surface area contributed by atoms with Gasteiger partial charge in [-0.2, -0.15) is 13.2 Å². The number of nitrogens with one attached hydrogen (secondary N) is 1. The molecular formula is C27H27F3N4O3S. The highest BCUT2D eigenvalue weighted by Crippen LogP contribution is 2.63. The maximum atomic E-state index is 13.8. The molecule has 2 amide bonds. The predicted octanol–water partition coefficient (Wildman–Crippen LogP) is 4.36. The van der Waals surface area contributed by atoms with Gasteiger partial charge in [-0.3, -0.25) is 19.5 Å². The third-order valence-corrected chi connectivity index (χ3v) is 9.14. The second-order valence-corrected chi connectivity index (χ2v) is 12.0. The second-order valence-electron chi connectivity index (χ2n) is 10.9. The van der Waals surface area contributed by atoms with Gasteiger partial charge in [-0.05, 0) is 41.7 Å². The smallest absolute Gasteiger partial charge is 0.375 e. The lowest BCUT2D eigenvalue weighted by Gasteiger charge is -2.25. The molecule has 2 saturated heterocycles. The average molecular weight is 545 g/mol. The lowest BCUT2D eigenvalue weighted by molar-refractivity contribution is -0.144. The Labute approximate surface area is 221 Å². The van der Waals surface area contributed by atoms with E-state index in [1.165, 1.54) is 16.2 Å². The van der Waals surface area contributed by atoms with Crippen LogP contribution in [0.2, 0.25) is 0 Å². The molecule has 1 saturated carbocycles. The van der Waals surface area contributed by atoms with Crippen LogP contribution in [0.3, 0.4) is 0 Å². The van der Waals surface area contributed by atoms with Crippen LogP contribution in [0, 0.1) is 24.2 Å². The zero-order valence-electron chi connectivity index (χ0n) is 21.2. The van der Waals surface area contributed by atoms with Gasteiger partial charge >= 0.3 is 6.18 Å². The number of ether oxygens (including phenoxy) is 1. The number of halogens is 3. The number of nitrogens with zero attached hydrogens (tertiary/aromatic N) is 3. The molecule has 11 heteroatoms. The topological polar surface area (TPSA) is 84.4 Å². The zero-order chi connectivity index (χ0) is 27.0. The third-order valence-electron chi connectivity index (χ3n) is 8.00. The highest BCUT2D eigenvalue weighted by molar-refractivity contribution is 7.19. The number of fused-ring (bicyclic) bond motifs is 2. The van der Waals surface area contributed by atoms with Crippen molar-refractivity contribution in [3.63, 3.8) is 0 Å². The molecule has 3 aromatic heterocycles. The van der Waals surface area contributed by atoms with Crippen LogP contribution in [0.5, 0.6) is 0 Å². The number of likely N-dealkylation sites (tertiary alicyclic amines) is 1. The van der Waals surface area contributed by atoms with Crippen molar-refractivity contribution in [1.29, 1.82) is 0 Å². The van der Waals surface area contributed by atoms with Crippen LogP contribution in [0.25, 0.3) is 21.5 Å². The number of rotatable bonds is 5. The van der Waals surface area contributed by atoms with Gasteiger partial charge in [0.15, 0.2) is 0 Å². The molecule has 200 valence electrons. The summed E-state index contributed by atoms with van der Waals surface area (Å²) in [5, 5.41) is 3.26. The van der Waals surface area contributed by atoms with Crippen LogP contribution in [0.1, 0.15) is 35.5 Å². The van der Waals surface area contributed by atoms with E-state index in [0.29, 0.717) is 46.5 Å². The number of aryl methyl sites for hydroxylation is 1. The molecule has 0 bridgehead atoms. The summed E-state index contributed by atoms with van der Waals surface area (Å²) >= 11 is 1.33. The van der Waals surface area contributed by atoms with Crippen molar-refractivity contribution in [2.75, 3.05) is 19.7 Å². The lowest BCUT2D eigenvalue weighted by atomic mass is 9.95. The van der Waals surface area contributed by atoms with Gasteiger partial charge < -0.3 is 10.1 Å². The molecular weight excluding hydrogens is 517 g/mol.